The van der Waals surface area contributed by atoms with Crippen LogP contribution >= 0.6 is 0 Å². The minimum absolute atomic E-state index is 0.0551. The minimum Gasteiger partial charge on any atom is -0.396 e. The number of nitrogens with one attached hydrogen (secondary N) is 2. The lowest BCUT2D eigenvalue weighted by Gasteiger charge is -2.07. The zero-order valence-electron chi connectivity index (χ0n) is 23.9. The molecule has 2 aromatic heterocycles. The fourth-order valence-corrected chi connectivity index (χ4v) is 4.03. The molecular weight excluding hydrogens is 536 g/mol. The van der Waals surface area contributed by atoms with Crippen molar-refractivity contribution in [2.75, 3.05) is 13.2 Å². The number of rotatable bonds is 9. The third-order valence-electron chi connectivity index (χ3n) is 6.40. The quantitative estimate of drug-likeness (QED) is 0.178. The summed E-state index contributed by atoms with van der Waals surface area (Å²) in [5.41, 5.74) is 3.55. The lowest BCUT2D eigenvalue weighted by molar-refractivity contribution is 0.284. The molecule has 0 atom stereocenters. The van der Waals surface area contributed by atoms with Crippen molar-refractivity contribution in [2.45, 2.75) is 52.6 Å². The van der Waals surface area contributed by atoms with E-state index in [1.165, 1.54) is 14.7 Å². The summed E-state index contributed by atoms with van der Waals surface area (Å²) in [7, 11) is 0. The van der Waals surface area contributed by atoms with Crippen molar-refractivity contribution in [3.63, 3.8) is 0 Å². The standard InChI is InChI=1S/C16H20N2O3.C16H16N2O3/c2*1-12-10-18(16(21)17-15(12)20)11-14-7-5-13(6-8-14)4-2-3-9-19/h5-8,10,19H,2-4,9,11H2,1H3,(H,17,20,21);5-8,10,19H,3,9,11H2,1H3,(H,17,20,21). The number of hydrogen-bond acceptors (Lipinski definition) is 6. The maximum Gasteiger partial charge on any atom is 0.328 e. The van der Waals surface area contributed by atoms with E-state index >= 15 is 0 Å². The number of aliphatic hydroxyl groups is 2. The first kappa shape index (κ1) is 31.8. The second kappa shape index (κ2) is 15.9. The molecular formula is C32H36N4O6. The van der Waals surface area contributed by atoms with Gasteiger partial charge in [-0.3, -0.25) is 28.7 Å². The van der Waals surface area contributed by atoms with Gasteiger partial charge >= 0.3 is 11.4 Å². The highest BCUT2D eigenvalue weighted by atomic mass is 16.3. The third kappa shape index (κ3) is 9.73. The highest BCUT2D eigenvalue weighted by Crippen LogP contribution is 2.09. The van der Waals surface area contributed by atoms with Gasteiger partial charge in [-0.05, 0) is 61.9 Å². The van der Waals surface area contributed by atoms with Crippen LogP contribution in [0.5, 0.6) is 0 Å². The van der Waals surface area contributed by atoms with E-state index in [9.17, 15) is 19.2 Å². The molecule has 0 aliphatic rings. The first-order chi connectivity index (χ1) is 20.2. The number of unbranched alkanes of at least 4 members (excludes halogenated alkanes) is 1. The van der Waals surface area contributed by atoms with Crippen LogP contribution in [-0.2, 0) is 19.5 Å². The highest BCUT2D eigenvalue weighted by molar-refractivity contribution is 5.36. The Morgan fingerprint density at radius 3 is 1.62 bits per heavy atom. The maximum absolute atomic E-state index is 11.7. The van der Waals surface area contributed by atoms with E-state index in [0.717, 1.165) is 36.0 Å². The fraction of sp³-hybridized carbons (Fsp3) is 0.312. The SMILES string of the molecule is Cc1cn(Cc2ccc(C#CCCO)cc2)c(=O)[nH]c1=O.Cc1cn(Cc2ccc(CCCCO)cc2)c(=O)[nH]c1=O. The number of H-pyrrole nitrogens is 2. The van der Waals surface area contributed by atoms with Crippen LogP contribution < -0.4 is 22.5 Å². The predicted octanol–water partition coefficient (Wildman–Crippen LogP) is 1.84. The molecule has 4 N–H and O–H groups in total. The van der Waals surface area contributed by atoms with E-state index in [1.54, 1.807) is 26.2 Å². The van der Waals surface area contributed by atoms with Gasteiger partial charge in [0.15, 0.2) is 0 Å². The largest absolute Gasteiger partial charge is 0.396 e. The summed E-state index contributed by atoms with van der Waals surface area (Å²) in [5, 5.41) is 17.4. The fourth-order valence-electron chi connectivity index (χ4n) is 4.03. The molecule has 0 unspecified atom stereocenters. The van der Waals surface area contributed by atoms with Crippen LogP contribution in [-0.4, -0.2) is 42.5 Å². The molecule has 0 aliphatic carbocycles. The molecule has 2 heterocycles. The van der Waals surface area contributed by atoms with Crippen LogP contribution in [0.2, 0.25) is 0 Å². The predicted molar refractivity (Wildman–Crippen MR) is 162 cm³/mol. The molecule has 0 fully saturated rings. The number of aromatic amines is 2. The minimum atomic E-state index is -0.419. The van der Waals surface area contributed by atoms with Crippen molar-refractivity contribution in [3.05, 3.63) is 136 Å². The zero-order valence-corrected chi connectivity index (χ0v) is 23.9. The molecule has 220 valence electrons. The molecule has 0 radical (unpaired) electrons. The summed E-state index contributed by atoms with van der Waals surface area (Å²) in [6, 6.07) is 15.5. The van der Waals surface area contributed by atoms with Crippen molar-refractivity contribution in [1.29, 1.82) is 0 Å². The molecule has 42 heavy (non-hydrogen) atoms. The number of aromatic nitrogens is 4. The summed E-state index contributed by atoms with van der Waals surface area (Å²) in [4.78, 5) is 50.6. The van der Waals surface area contributed by atoms with Crippen molar-refractivity contribution >= 4 is 0 Å². The molecule has 0 spiro atoms. The number of aliphatic hydroxyl groups excluding tert-OH is 2. The Morgan fingerprint density at radius 2 is 1.14 bits per heavy atom. The Balaban J connectivity index is 0.000000230. The molecule has 0 bridgehead atoms. The van der Waals surface area contributed by atoms with Crippen LogP contribution in [0, 0.1) is 25.7 Å². The van der Waals surface area contributed by atoms with Gasteiger partial charge in [0, 0.05) is 42.1 Å². The molecule has 0 aliphatic heterocycles. The Bertz CT molecular complexity index is 1750. The number of nitrogens with zero attached hydrogens (tertiary/aromatic N) is 2. The van der Waals surface area contributed by atoms with Crippen LogP contribution in [0.3, 0.4) is 0 Å². The molecule has 10 nitrogen and oxygen atoms in total. The van der Waals surface area contributed by atoms with Crippen molar-refractivity contribution in [1.82, 2.24) is 19.1 Å². The Morgan fingerprint density at radius 1 is 0.667 bits per heavy atom. The smallest absolute Gasteiger partial charge is 0.328 e. The highest BCUT2D eigenvalue weighted by Gasteiger charge is 2.03. The Kier molecular flexibility index (Phi) is 12.0. The molecule has 2 aromatic carbocycles. The van der Waals surface area contributed by atoms with E-state index in [1.807, 2.05) is 48.5 Å². The van der Waals surface area contributed by atoms with Crippen LogP contribution in [0.25, 0.3) is 0 Å². The molecule has 0 saturated heterocycles. The number of aryl methyl sites for hydroxylation is 3. The van der Waals surface area contributed by atoms with Gasteiger partial charge in [-0.15, -0.1) is 0 Å². The zero-order chi connectivity index (χ0) is 30.5. The maximum atomic E-state index is 11.7. The van der Waals surface area contributed by atoms with E-state index in [4.69, 9.17) is 10.2 Å². The summed E-state index contributed by atoms with van der Waals surface area (Å²) < 4.78 is 2.96. The lowest BCUT2D eigenvalue weighted by Crippen LogP contribution is -2.31. The van der Waals surface area contributed by atoms with Crippen molar-refractivity contribution in [2.24, 2.45) is 0 Å². The Labute approximate surface area is 243 Å². The van der Waals surface area contributed by atoms with Gasteiger partial charge in [0.25, 0.3) is 11.1 Å². The second-order valence-corrected chi connectivity index (χ2v) is 9.87. The Hall–Kier alpha value is -4.72. The van der Waals surface area contributed by atoms with E-state index in [-0.39, 0.29) is 24.3 Å². The van der Waals surface area contributed by atoms with Gasteiger partial charge in [-0.2, -0.15) is 0 Å². The normalized spacial score (nSPS) is 10.4. The summed E-state index contributed by atoms with van der Waals surface area (Å²) in [6.07, 6.45) is 6.31. The van der Waals surface area contributed by atoms with Crippen molar-refractivity contribution in [3.8, 4) is 11.8 Å². The monoisotopic (exact) mass is 572 g/mol. The topological polar surface area (TPSA) is 150 Å². The summed E-state index contributed by atoms with van der Waals surface area (Å²) in [6.45, 7) is 4.45. The average molecular weight is 573 g/mol. The van der Waals surface area contributed by atoms with Gasteiger partial charge < -0.3 is 10.2 Å². The average Bonchev–Trinajstić information content (AvgIpc) is 2.97. The van der Waals surface area contributed by atoms with Crippen molar-refractivity contribution < 1.29 is 10.2 Å². The number of benzene rings is 2. The van der Waals surface area contributed by atoms with Crippen LogP contribution in [0.4, 0.5) is 0 Å². The van der Waals surface area contributed by atoms with Crippen LogP contribution in [0.1, 0.15) is 52.6 Å². The van der Waals surface area contributed by atoms with Gasteiger partial charge in [0.05, 0.1) is 19.7 Å². The molecule has 0 saturated carbocycles. The van der Waals surface area contributed by atoms with Gasteiger partial charge in [0.1, 0.15) is 0 Å². The van der Waals surface area contributed by atoms with Crippen LogP contribution in [0.15, 0.2) is 80.1 Å². The molecule has 10 heteroatoms. The van der Waals surface area contributed by atoms with Gasteiger partial charge in [-0.1, -0.05) is 48.2 Å². The number of hydrogen-bond donors (Lipinski definition) is 4. The second-order valence-electron chi connectivity index (χ2n) is 9.87. The molecule has 4 aromatic rings. The van der Waals surface area contributed by atoms with E-state index < -0.39 is 11.4 Å². The van der Waals surface area contributed by atoms with Gasteiger partial charge in [-0.25, -0.2) is 9.59 Å². The first-order valence-corrected chi connectivity index (χ1v) is 13.7. The summed E-state index contributed by atoms with van der Waals surface area (Å²) >= 11 is 0. The summed E-state index contributed by atoms with van der Waals surface area (Å²) in [5.74, 6) is 5.79. The molecule has 0 amide bonds. The third-order valence-corrected chi connectivity index (χ3v) is 6.40. The molecule has 4 rings (SSSR count). The lowest BCUT2D eigenvalue weighted by atomic mass is 10.1. The van der Waals surface area contributed by atoms with Gasteiger partial charge in [0.2, 0.25) is 0 Å². The van der Waals surface area contributed by atoms with E-state index in [0.29, 0.717) is 30.6 Å². The first-order valence-electron chi connectivity index (χ1n) is 13.7. The van der Waals surface area contributed by atoms with E-state index in [2.05, 4.69) is 21.8 Å².